The van der Waals surface area contributed by atoms with Gasteiger partial charge in [0.05, 0.1) is 0 Å². The van der Waals surface area contributed by atoms with Gasteiger partial charge in [0.2, 0.25) is 0 Å². The number of aliphatic hydroxyl groups is 1. The van der Waals surface area contributed by atoms with Crippen LogP contribution < -0.4 is 5.32 Å². The van der Waals surface area contributed by atoms with Gasteiger partial charge >= 0.3 is 0 Å². The average molecular weight is 279 g/mol. The van der Waals surface area contributed by atoms with E-state index in [0.29, 0.717) is 24.6 Å². The Morgan fingerprint density at radius 2 is 2.05 bits per heavy atom. The van der Waals surface area contributed by atoms with Crippen LogP contribution in [0.2, 0.25) is 0 Å². The topological polar surface area (TPSA) is 32.3 Å². The quantitative estimate of drug-likeness (QED) is 0.861. The molecule has 1 heterocycles. The summed E-state index contributed by atoms with van der Waals surface area (Å²) >= 11 is 1.89. The highest BCUT2D eigenvalue weighted by Gasteiger charge is 2.33. The summed E-state index contributed by atoms with van der Waals surface area (Å²) in [4.78, 5) is 1.50. The van der Waals surface area contributed by atoms with E-state index in [1.165, 1.54) is 49.8 Å². The van der Waals surface area contributed by atoms with Crippen molar-refractivity contribution in [1.29, 1.82) is 0 Å². The Balaban J connectivity index is 1.72. The summed E-state index contributed by atoms with van der Waals surface area (Å²) in [6.07, 6.45) is 9.21. The van der Waals surface area contributed by atoms with Crippen LogP contribution in [0.1, 0.15) is 55.9 Å². The molecule has 0 aromatic carbocycles. The van der Waals surface area contributed by atoms with E-state index in [-0.39, 0.29) is 0 Å². The first-order valence-electron chi connectivity index (χ1n) is 7.79. The average Bonchev–Trinajstić information content (AvgIpc) is 3.17. The molecule has 3 rings (SSSR count). The highest BCUT2D eigenvalue weighted by Crippen LogP contribution is 2.39. The largest absolute Gasteiger partial charge is 0.396 e. The minimum absolute atomic E-state index is 0.347. The molecule has 0 bridgehead atoms. The Morgan fingerprint density at radius 3 is 2.74 bits per heavy atom. The molecule has 0 radical (unpaired) electrons. The maximum Gasteiger partial charge on any atom is 0.0474 e. The van der Waals surface area contributed by atoms with Crippen molar-refractivity contribution in [2.45, 2.75) is 57.0 Å². The molecule has 19 heavy (non-hydrogen) atoms. The third-order valence-corrected chi connectivity index (χ3v) is 5.96. The number of thiophene rings is 1. The summed E-state index contributed by atoms with van der Waals surface area (Å²) in [7, 11) is 0. The predicted molar refractivity (Wildman–Crippen MR) is 80.4 cm³/mol. The molecule has 0 spiro atoms. The maximum absolute atomic E-state index is 9.51. The Bertz CT molecular complexity index is 372. The van der Waals surface area contributed by atoms with Crippen LogP contribution in [-0.4, -0.2) is 17.8 Å². The molecule has 2 fully saturated rings. The van der Waals surface area contributed by atoms with E-state index in [0.717, 1.165) is 5.92 Å². The van der Waals surface area contributed by atoms with Gasteiger partial charge in [0.25, 0.3) is 0 Å². The second-order valence-electron chi connectivity index (χ2n) is 6.18. The Labute approximate surface area is 120 Å². The Kier molecular flexibility index (Phi) is 4.57. The van der Waals surface area contributed by atoms with Crippen molar-refractivity contribution in [1.82, 2.24) is 5.32 Å². The first-order chi connectivity index (χ1) is 9.38. The second-order valence-corrected chi connectivity index (χ2v) is 7.16. The van der Waals surface area contributed by atoms with Gasteiger partial charge in [-0.2, -0.15) is 0 Å². The van der Waals surface area contributed by atoms with Crippen molar-refractivity contribution in [2.75, 3.05) is 6.61 Å². The van der Waals surface area contributed by atoms with Gasteiger partial charge in [-0.1, -0.05) is 25.3 Å². The standard InChI is InChI=1S/C16H25NOS/c18-11-13-7-3-8-14(13)17-16(12-5-1-2-6-12)15-9-4-10-19-15/h4,9-10,12-14,16-18H,1-3,5-8,11H2. The summed E-state index contributed by atoms with van der Waals surface area (Å²) in [5.41, 5.74) is 0. The molecule has 0 amide bonds. The van der Waals surface area contributed by atoms with Crippen LogP contribution in [0.25, 0.3) is 0 Å². The zero-order chi connectivity index (χ0) is 13.1. The summed E-state index contributed by atoms with van der Waals surface area (Å²) in [5, 5.41) is 15.6. The Hall–Kier alpha value is -0.380. The van der Waals surface area contributed by atoms with Gasteiger partial charge in [0, 0.05) is 23.6 Å². The molecule has 3 atom stereocenters. The van der Waals surface area contributed by atoms with E-state index in [4.69, 9.17) is 0 Å². The fourth-order valence-corrected chi connectivity index (χ4v) is 4.79. The van der Waals surface area contributed by atoms with Crippen LogP contribution in [0, 0.1) is 11.8 Å². The molecule has 0 aliphatic heterocycles. The SMILES string of the molecule is OCC1CCCC1NC(c1cccs1)C1CCCC1. The molecule has 2 nitrogen and oxygen atoms in total. The molecule has 0 saturated heterocycles. The van der Waals surface area contributed by atoms with Crippen molar-refractivity contribution >= 4 is 11.3 Å². The van der Waals surface area contributed by atoms with E-state index in [1.807, 2.05) is 11.3 Å². The van der Waals surface area contributed by atoms with Crippen LogP contribution in [0.3, 0.4) is 0 Å². The van der Waals surface area contributed by atoms with Crippen LogP contribution in [0.5, 0.6) is 0 Å². The zero-order valence-electron chi connectivity index (χ0n) is 11.6. The maximum atomic E-state index is 9.51. The minimum Gasteiger partial charge on any atom is -0.396 e. The molecule has 1 aromatic rings. The molecule has 2 saturated carbocycles. The van der Waals surface area contributed by atoms with E-state index < -0.39 is 0 Å². The molecule has 3 unspecified atom stereocenters. The summed E-state index contributed by atoms with van der Waals surface area (Å²) < 4.78 is 0. The van der Waals surface area contributed by atoms with Gasteiger partial charge in [-0.05, 0) is 49.0 Å². The molecular weight excluding hydrogens is 254 g/mol. The van der Waals surface area contributed by atoms with Gasteiger partial charge in [0.15, 0.2) is 0 Å². The van der Waals surface area contributed by atoms with Gasteiger partial charge in [-0.15, -0.1) is 11.3 Å². The van der Waals surface area contributed by atoms with Crippen molar-refractivity contribution in [3.63, 3.8) is 0 Å². The highest BCUT2D eigenvalue weighted by molar-refractivity contribution is 7.10. The lowest BCUT2D eigenvalue weighted by Gasteiger charge is -2.30. The second kappa shape index (κ2) is 6.38. The van der Waals surface area contributed by atoms with E-state index in [1.54, 1.807) is 0 Å². The number of hydrogen-bond donors (Lipinski definition) is 2. The molecule has 2 N–H and O–H groups in total. The van der Waals surface area contributed by atoms with Gasteiger partial charge in [-0.25, -0.2) is 0 Å². The third kappa shape index (κ3) is 3.04. The molecule has 3 heteroatoms. The van der Waals surface area contributed by atoms with Crippen molar-refractivity contribution in [3.05, 3.63) is 22.4 Å². The van der Waals surface area contributed by atoms with Crippen LogP contribution in [-0.2, 0) is 0 Å². The summed E-state index contributed by atoms with van der Waals surface area (Å²) in [6.45, 7) is 0.347. The van der Waals surface area contributed by atoms with Crippen molar-refractivity contribution < 1.29 is 5.11 Å². The predicted octanol–water partition coefficient (Wildman–Crippen LogP) is 3.73. The summed E-state index contributed by atoms with van der Waals surface area (Å²) in [5.74, 6) is 1.28. The molecular formula is C16H25NOS. The van der Waals surface area contributed by atoms with E-state index in [2.05, 4.69) is 22.8 Å². The number of hydrogen-bond acceptors (Lipinski definition) is 3. The highest BCUT2D eigenvalue weighted by atomic mass is 32.1. The van der Waals surface area contributed by atoms with E-state index >= 15 is 0 Å². The third-order valence-electron chi connectivity index (χ3n) is 5.01. The fraction of sp³-hybridized carbons (Fsp3) is 0.750. The lowest BCUT2D eigenvalue weighted by molar-refractivity contribution is 0.191. The van der Waals surface area contributed by atoms with E-state index in [9.17, 15) is 5.11 Å². The van der Waals surface area contributed by atoms with Crippen LogP contribution in [0.4, 0.5) is 0 Å². The number of aliphatic hydroxyl groups excluding tert-OH is 1. The van der Waals surface area contributed by atoms with Crippen molar-refractivity contribution in [3.8, 4) is 0 Å². The zero-order valence-corrected chi connectivity index (χ0v) is 12.4. The van der Waals surface area contributed by atoms with Gasteiger partial charge in [-0.3, -0.25) is 0 Å². The molecule has 2 aliphatic rings. The molecule has 1 aromatic heterocycles. The van der Waals surface area contributed by atoms with Crippen LogP contribution >= 0.6 is 11.3 Å². The first kappa shape index (κ1) is 13.6. The lowest BCUT2D eigenvalue weighted by Crippen LogP contribution is -2.39. The van der Waals surface area contributed by atoms with Gasteiger partial charge < -0.3 is 10.4 Å². The van der Waals surface area contributed by atoms with Crippen molar-refractivity contribution in [2.24, 2.45) is 11.8 Å². The normalized spacial score (nSPS) is 29.9. The molecule has 106 valence electrons. The van der Waals surface area contributed by atoms with Crippen LogP contribution in [0.15, 0.2) is 17.5 Å². The lowest BCUT2D eigenvalue weighted by atomic mass is 9.94. The van der Waals surface area contributed by atoms with Gasteiger partial charge in [0.1, 0.15) is 0 Å². The summed E-state index contributed by atoms with van der Waals surface area (Å²) in [6, 6.07) is 5.50. The molecule has 2 aliphatic carbocycles. The monoisotopic (exact) mass is 279 g/mol. The first-order valence-corrected chi connectivity index (χ1v) is 8.66. The number of rotatable bonds is 5. The Morgan fingerprint density at radius 1 is 1.21 bits per heavy atom. The fourth-order valence-electron chi connectivity index (χ4n) is 3.91. The smallest absolute Gasteiger partial charge is 0.0474 e. The number of nitrogens with one attached hydrogen (secondary N) is 1. The minimum atomic E-state index is 0.347.